The van der Waals surface area contributed by atoms with Crippen molar-refractivity contribution >= 4 is 33.5 Å². The number of rotatable bonds is 4. The molecular formula is C14H9ClO6S. The fourth-order valence-electron chi connectivity index (χ4n) is 1.87. The summed E-state index contributed by atoms with van der Waals surface area (Å²) in [6.07, 6.45) is 0. The van der Waals surface area contributed by atoms with E-state index in [9.17, 15) is 18.0 Å². The molecule has 2 rings (SSSR count). The molecule has 0 heterocycles. The van der Waals surface area contributed by atoms with E-state index in [0.29, 0.717) is 0 Å². The molecule has 0 unspecified atom stereocenters. The van der Waals surface area contributed by atoms with Crippen molar-refractivity contribution in [2.75, 3.05) is 0 Å². The Labute approximate surface area is 130 Å². The molecule has 0 amide bonds. The van der Waals surface area contributed by atoms with Crippen LogP contribution in [0.2, 0.25) is 5.02 Å². The largest absolute Gasteiger partial charge is 0.478 e. The first-order chi connectivity index (χ1) is 10.2. The number of aromatic carboxylic acids is 1. The maximum atomic E-state index is 12.4. The molecule has 0 aliphatic heterocycles. The summed E-state index contributed by atoms with van der Waals surface area (Å²) in [5.41, 5.74) is -0.416. The van der Waals surface area contributed by atoms with Crippen molar-refractivity contribution in [1.82, 2.24) is 0 Å². The Balaban J connectivity index is 2.59. The fraction of sp³-hybridized carbons (Fsp3) is 0. The summed E-state index contributed by atoms with van der Waals surface area (Å²) in [4.78, 5) is 22.9. The molecule has 0 aromatic heterocycles. The van der Waals surface area contributed by atoms with Crippen LogP contribution in [0.5, 0.6) is 0 Å². The topological polar surface area (TPSA) is 109 Å². The van der Waals surface area contributed by atoms with Gasteiger partial charge in [-0.1, -0.05) is 29.8 Å². The first kappa shape index (κ1) is 16.2. The van der Waals surface area contributed by atoms with Crippen LogP contribution >= 0.6 is 11.6 Å². The molecule has 2 aromatic rings. The summed E-state index contributed by atoms with van der Waals surface area (Å²) >= 11 is 5.67. The Morgan fingerprint density at radius 3 is 2.14 bits per heavy atom. The Kier molecular flexibility index (Phi) is 4.32. The number of carbonyl (C=O) groups is 2. The lowest BCUT2D eigenvalue weighted by Crippen LogP contribution is -2.10. The zero-order valence-electron chi connectivity index (χ0n) is 10.9. The van der Waals surface area contributed by atoms with Crippen LogP contribution in [0.15, 0.2) is 47.4 Å². The van der Waals surface area contributed by atoms with Gasteiger partial charge < -0.3 is 5.11 Å². The van der Waals surface area contributed by atoms with Crippen LogP contribution in [0.1, 0.15) is 26.3 Å². The maximum Gasteiger partial charge on any atom is 0.336 e. The van der Waals surface area contributed by atoms with Gasteiger partial charge in [-0.25, -0.2) is 4.79 Å². The number of benzene rings is 2. The Morgan fingerprint density at radius 2 is 1.59 bits per heavy atom. The molecule has 114 valence electrons. The van der Waals surface area contributed by atoms with Gasteiger partial charge in [0.15, 0.2) is 5.78 Å². The van der Waals surface area contributed by atoms with Crippen molar-refractivity contribution in [3.63, 3.8) is 0 Å². The highest BCUT2D eigenvalue weighted by atomic mass is 35.5. The summed E-state index contributed by atoms with van der Waals surface area (Å²) in [6.45, 7) is 0. The molecule has 6 nitrogen and oxygen atoms in total. The molecule has 8 heteroatoms. The van der Waals surface area contributed by atoms with E-state index in [1.54, 1.807) is 0 Å². The number of carboxylic acids is 1. The van der Waals surface area contributed by atoms with E-state index < -0.39 is 26.8 Å². The van der Waals surface area contributed by atoms with Gasteiger partial charge in [0.25, 0.3) is 10.1 Å². The smallest absolute Gasteiger partial charge is 0.336 e. The molecule has 0 spiro atoms. The minimum Gasteiger partial charge on any atom is -0.478 e. The molecule has 0 radical (unpaired) electrons. The zero-order valence-corrected chi connectivity index (χ0v) is 12.4. The molecule has 0 atom stereocenters. The van der Waals surface area contributed by atoms with Gasteiger partial charge in [-0.2, -0.15) is 8.42 Å². The number of ketones is 1. The first-order valence-electron chi connectivity index (χ1n) is 5.86. The van der Waals surface area contributed by atoms with Gasteiger partial charge >= 0.3 is 5.97 Å². The average molecular weight is 341 g/mol. The van der Waals surface area contributed by atoms with E-state index in [0.717, 1.165) is 12.1 Å². The minimum absolute atomic E-state index is 0.0985. The van der Waals surface area contributed by atoms with Crippen LogP contribution in [0.4, 0.5) is 0 Å². The minimum atomic E-state index is -4.60. The Morgan fingerprint density at radius 1 is 1.00 bits per heavy atom. The van der Waals surface area contributed by atoms with Crippen LogP contribution < -0.4 is 0 Å². The standard InChI is InChI=1S/C14H9ClO6S/c15-11-6-5-8(7-12(11)22(19,20)21)13(16)9-3-1-2-4-10(9)14(17)18/h1-7H,(H,17,18)(H,19,20,21). The van der Waals surface area contributed by atoms with Crippen LogP contribution in [0.3, 0.4) is 0 Å². The average Bonchev–Trinajstić information content (AvgIpc) is 2.45. The number of hydrogen-bond acceptors (Lipinski definition) is 4. The number of carboxylic acid groups (broad SMARTS) is 1. The quantitative estimate of drug-likeness (QED) is 0.654. The van der Waals surface area contributed by atoms with Gasteiger partial charge in [-0.15, -0.1) is 0 Å². The van der Waals surface area contributed by atoms with Gasteiger partial charge in [0.2, 0.25) is 0 Å². The van der Waals surface area contributed by atoms with Crippen LogP contribution in [-0.2, 0) is 10.1 Å². The fourth-order valence-corrected chi connectivity index (χ4v) is 2.87. The van der Waals surface area contributed by atoms with E-state index in [1.165, 1.54) is 30.3 Å². The molecule has 22 heavy (non-hydrogen) atoms. The molecule has 0 aliphatic rings. The van der Waals surface area contributed by atoms with Crippen molar-refractivity contribution in [1.29, 1.82) is 0 Å². The third-order valence-corrected chi connectivity index (χ3v) is 4.21. The highest BCUT2D eigenvalue weighted by Crippen LogP contribution is 2.24. The van der Waals surface area contributed by atoms with Gasteiger partial charge in [0, 0.05) is 11.1 Å². The van der Waals surface area contributed by atoms with E-state index in [4.69, 9.17) is 21.3 Å². The number of halogens is 1. The van der Waals surface area contributed by atoms with Crippen molar-refractivity contribution in [3.05, 3.63) is 64.2 Å². The van der Waals surface area contributed by atoms with Crippen LogP contribution in [0.25, 0.3) is 0 Å². The van der Waals surface area contributed by atoms with E-state index in [1.807, 2.05) is 0 Å². The molecule has 0 saturated heterocycles. The predicted molar refractivity (Wildman–Crippen MR) is 78.1 cm³/mol. The summed E-state index contributed by atoms with van der Waals surface area (Å²) in [5.74, 6) is -1.98. The lowest BCUT2D eigenvalue weighted by atomic mass is 9.98. The molecule has 2 aromatic carbocycles. The molecular weight excluding hydrogens is 332 g/mol. The van der Waals surface area contributed by atoms with Crippen molar-refractivity contribution < 1.29 is 27.7 Å². The Hall–Kier alpha value is -2.22. The number of hydrogen-bond donors (Lipinski definition) is 2. The number of carbonyl (C=O) groups excluding carboxylic acids is 1. The van der Waals surface area contributed by atoms with Crippen molar-refractivity contribution in [2.24, 2.45) is 0 Å². The molecule has 2 N–H and O–H groups in total. The van der Waals surface area contributed by atoms with Gasteiger partial charge in [0.1, 0.15) is 4.90 Å². The molecule has 0 bridgehead atoms. The first-order valence-corrected chi connectivity index (χ1v) is 7.67. The van der Waals surface area contributed by atoms with E-state index in [2.05, 4.69) is 0 Å². The van der Waals surface area contributed by atoms with Crippen LogP contribution in [0, 0.1) is 0 Å². The van der Waals surface area contributed by atoms with E-state index in [-0.39, 0.29) is 21.7 Å². The van der Waals surface area contributed by atoms with Crippen molar-refractivity contribution in [3.8, 4) is 0 Å². The second-order valence-corrected chi connectivity index (χ2v) is 6.10. The van der Waals surface area contributed by atoms with Gasteiger partial charge in [-0.05, 0) is 24.3 Å². The molecule has 0 saturated carbocycles. The SMILES string of the molecule is O=C(O)c1ccccc1C(=O)c1ccc(Cl)c(S(=O)(=O)O)c1. The summed E-state index contributed by atoms with van der Waals surface area (Å²) in [6, 6.07) is 8.81. The molecule has 0 aliphatic carbocycles. The monoisotopic (exact) mass is 340 g/mol. The summed E-state index contributed by atoms with van der Waals surface area (Å²) in [5, 5.41) is 8.84. The van der Waals surface area contributed by atoms with Gasteiger partial charge in [-0.3, -0.25) is 9.35 Å². The third-order valence-electron chi connectivity index (χ3n) is 2.87. The van der Waals surface area contributed by atoms with Gasteiger partial charge in [0.05, 0.1) is 10.6 Å². The summed E-state index contributed by atoms with van der Waals surface area (Å²) < 4.78 is 31.5. The maximum absolute atomic E-state index is 12.4. The second kappa shape index (κ2) is 5.88. The zero-order chi connectivity index (χ0) is 16.5. The summed E-state index contributed by atoms with van der Waals surface area (Å²) in [7, 11) is -4.60. The molecule has 0 fully saturated rings. The highest BCUT2D eigenvalue weighted by molar-refractivity contribution is 7.86. The lowest BCUT2D eigenvalue weighted by Gasteiger charge is -2.07. The second-order valence-electron chi connectivity index (χ2n) is 4.30. The normalized spacial score (nSPS) is 11.2. The third kappa shape index (κ3) is 3.16. The highest BCUT2D eigenvalue weighted by Gasteiger charge is 2.21. The lowest BCUT2D eigenvalue weighted by molar-refractivity contribution is 0.0692. The van der Waals surface area contributed by atoms with E-state index >= 15 is 0 Å². The van der Waals surface area contributed by atoms with Crippen molar-refractivity contribution in [2.45, 2.75) is 4.90 Å². The predicted octanol–water partition coefficient (Wildman–Crippen LogP) is 2.52. The van der Waals surface area contributed by atoms with Crippen LogP contribution in [-0.4, -0.2) is 29.8 Å². The Bertz CT molecular complexity index is 873.